The molecule has 2 heteroatoms. The van der Waals surface area contributed by atoms with Crippen molar-refractivity contribution >= 4 is 0 Å². The summed E-state index contributed by atoms with van der Waals surface area (Å²) in [7, 11) is 0. The first-order chi connectivity index (χ1) is 11.3. The average Bonchev–Trinajstić information content (AvgIpc) is 2.85. The second-order valence-corrected chi connectivity index (χ2v) is 9.73. The van der Waals surface area contributed by atoms with Crippen LogP contribution in [-0.4, -0.2) is 10.7 Å². The molecule has 0 aliphatic heterocycles. The predicted octanol–water partition coefficient (Wildman–Crippen LogP) is 5.15. The van der Waals surface area contributed by atoms with Crippen LogP contribution in [0.3, 0.4) is 0 Å². The summed E-state index contributed by atoms with van der Waals surface area (Å²) < 4.78 is 0. The van der Waals surface area contributed by atoms with Crippen LogP contribution in [0.15, 0.2) is 23.3 Å². The van der Waals surface area contributed by atoms with E-state index >= 15 is 0 Å². The van der Waals surface area contributed by atoms with E-state index in [-0.39, 0.29) is 5.41 Å². The fourth-order valence-corrected chi connectivity index (χ4v) is 6.97. The van der Waals surface area contributed by atoms with Crippen molar-refractivity contribution < 1.29 is 5.11 Å². The molecule has 6 atom stereocenters. The molecule has 4 rings (SSSR count). The number of rotatable bonds is 0. The van der Waals surface area contributed by atoms with Gasteiger partial charge in [0, 0.05) is 6.08 Å². The van der Waals surface area contributed by atoms with Crippen molar-refractivity contribution in [3.05, 3.63) is 23.3 Å². The van der Waals surface area contributed by atoms with E-state index in [0.717, 1.165) is 43.4 Å². The highest BCUT2D eigenvalue weighted by Gasteiger charge is 2.57. The van der Waals surface area contributed by atoms with Crippen LogP contribution in [0.1, 0.15) is 72.1 Å². The zero-order valence-corrected chi connectivity index (χ0v) is 15.4. The van der Waals surface area contributed by atoms with Gasteiger partial charge in [-0.05, 0) is 86.9 Å². The summed E-state index contributed by atoms with van der Waals surface area (Å²) in [5.74, 6) is 2.28. The Bertz CT molecular complexity index is 651. The Morgan fingerprint density at radius 3 is 2.62 bits per heavy atom. The van der Waals surface area contributed by atoms with Crippen molar-refractivity contribution in [2.24, 2.45) is 28.6 Å². The van der Waals surface area contributed by atoms with Crippen molar-refractivity contribution in [2.75, 3.05) is 0 Å². The summed E-state index contributed by atoms with van der Waals surface area (Å²) in [4.78, 5) is 0. The number of allylic oxidation sites excluding steroid dienone is 3. The summed E-state index contributed by atoms with van der Waals surface area (Å²) in [5.41, 5.74) is 3.01. The van der Waals surface area contributed by atoms with Gasteiger partial charge in [-0.25, -0.2) is 0 Å². The van der Waals surface area contributed by atoms with Gasteiger partial charge < -0.3 is 5.11 Å². The minimum atomic E-state index is -0.503. The number of fused-ring (bicyclic) bond motifs is 5. The lowest BCUT2D eigenvalue weighted by atomic mass is 9.47. The van der Waals surface area contributed by atoms with E-state index in [1.54, 1.807) is 0 Å². The molecular weight excluding hydrogens is 294 g/mol. The quantitative estimate of drug-likeness (QED) is 0.494. The van der Waals surface area contributed by atoms with Crippen molar-refractivity contribution in [3.63, 3.8) is 0 Å². The Labute approximate surface area is 146 Å². The molecule has 0 aromatic heterocycles. The number of nitrogens with zero attached hydrogens (tertiary/aromatic N) is 1. The Balaban J connectivity index is 1.68. The lowest BCUT2D eigenvalue weighted by molar-refractivity contribution is -0.0504. The van der Waals surface area contributed by atoms with Gasteiger partial charge in [-0.2, -0.15) is 5.26 Å². The van der Waals surface area contributed by atoms with Crippen molar-refractivity contribution in [1.29, 1.82) is 5.26 Å². The highest BCUT2D eigenvalue weighted by Crippen LogP contribution is 2.66. The SMILES string of the molecule is C[C@@]1(O)CC[C@@]2(C)C(=CC[C@@H]3[C@@H]2CC[C@]2(C)/C(=C\C#N)CC[C@@H]32)C1. The maximum Gasteiger partial charge on any atom is 0.0911 e. The first-order valence-electron chi connectivity index (χ1n) is 9.81. The van der Waals surface area contributed by atoms with E-state index in [0.29, 0.717) is 5.41 Å². The van der Waals surface area contributed by atoms with Gasteiger partial charge in [0.05, 0.1) is 11.7 Å². The fourth-order valence-electron chi connectivity index (χ4n) is 6.97. The van der Waals surface area contributed by atoms with Gasteiger partial charge in [-0.15, -0.1) is 0 Å². The average molecular weight is 325 g/mol. The second-order valence-electron chi connectivity index (χ2n) is 9.73. The highest BCUT2D eigenvalue weighted by molar-refractivity contribution is 5.31. The van der Waals surface area contributed by atoms with E-state index in [2.05, 4.69) is 26.0 Å². The lowest BCUT2D eigenvalue weighted by Gasteiger charge is -2.58. The van der Waals surface area contributed by atoms with Crippen molar-refractivity contribution in [3.8, 4) is 6.07 Å². The number of nitriles is 1. The molecule has 4 aliphatic rings. The first kappa shape index (κ1) is 16.4. The fraction of sp³-hybridized carbons (Fsp3) is 0.773. The third-order valence-electron chi connectivity index (χ3n) is 8.47. The highest BCUT2D eigenvalue weighted by atomic mass is 16.3. The molecule has 2 nitrogen and oxygen atoms in total. The third-order valence-corrected chi connectivity index (χ3v) is 8.47. The minimum absolute atomic E-state index is 0.263. The molecule has 0 amide bonds. The standard InChI is InChI=1S/C22H31NO/c1-20(24)11-12-22(3)16(14-20)4-6-17-18-7-5-15(9-13-23)21(18,2)10-8-19(17)22/h4,9,17-19,24H,5-8,10-12,14H2,1-3H3/b15-9-/t17-,18-,19-,20+,21+,22-/m0/s1. The van der Waals surface area contributed by atoms with Gasteiger partial charge in [0.1, 0.15) is 0 Å². The van der Waals surface area contributed by atoms with Crippen LogP contribution in [0, 0.1) is 39.9 Å². The molecule has 1 N–H and O–H groups in total. The lowest BCUT2D eigenvalue weighted by Crippen LogP contribution is -2.51. The first-order valence-corrected chi connectivity index (χ1v) is 9.81. The number of hydrogen-bond donors (Lipinski definition) is 1. The third kappa shape index (κ3) is 2.17. The van der Waals surface area contributed by atoms with E-state index in [9.17, 15) is 5.11 Å². The number of aliphatic hydroxyl groups is 1. The molecule has 0 unspecified atom stereocenters. The number of hydrogen-bond acceptors (Lipinski definition) is 2. The molecule has 0 saturated heterocycles. The summed E-state index contributed by atoms with van der Waals surface area (Å²) in [6, 6.07) is 2.30. The molecule has 3 saturated carbocycles. The summed E-state index contributed by atoms with van der Waals surface area (Å²) in [6.07, 6.45) is 13.4. The maximum absolute atomic E-state index is 10.5. The van der Waals surface area contributed by atoms with Crippen molar-refractivity contribution in [2.45, 2.75) is 77.7 Å². The predicted molar refractivity (Wildman–Crippen MR) is 96.0 cm³/mol. The van der Waals surface area contributed by atoms with Crippen molar-refractivity contribution in [1.82, 2.24) is 0 Å². The Morgan fingerprint density at radius 1 is 1.12 bits per heavy atom. The van der Waals surface area contributed by atoms with Crippen LogP contribution in [0.4, 0.5) is 0 Å². The van der Waals surface area contributed by atoms with Gasteiger partial charge in [-0.3, -0.25) is 0 Å². The van der Waals surface area contributed by atoms with E-state index in [1.165, 1.54) is 36.8 Å². The summed E-state index contributed by atoms with van der Waals surface area (Å²) in [5, 5.41) is 19.7. The molecule has 0 aromatic carbocycles. The molecule has 0 radical (unpaired) electrons. The Morgan fingerprint density at radius 2 is 1.88 bits per heavy atom. The van der Waals surface area contributed by atoms with Crippen LogP contribution in [0.2, 0.25) is 0 Å². The molecule has 4 aliphatic carbocycles. The molecular formula is C22H31NO. The normalized spacial score (nSPS) is 52.0. The van der Waals surface area contributed by atoms with Gasteiger partial charge in [0.25, 0.3) is 0 Å². The zero-order chi connectivity index (χ0) is 17.2. The van der Waals surface area contributed by atoms with E-state index in [4.69, 9.17) is 5.26 Å². The second kappa shape index (κ2) is 5.21. The van der Waals surface area contributed by atoms with E-state index < -0.39 is 5.60 Å². The molecule has 0 bridgehead atoms. The maximum atomic E-state index is 10.5. The van der Waals surface area contributed by atoms with Gasteiger partial charge >= 0.3 is 0 Å². The summed E-state index contributed by atoms with van der Waals surface area (Å²) >= 11 is 0. The van der Waals surface area contributed by atoms with Gasteiger partial charge in [0.2, 0.25) is 0 Å². The largest absolute Gasteiger partial charge is 0.390 e. The Kier molecular flexibility index (Phi) is 3.56. The molecule has 0 spiro atoms. The molecule has 130 valence electrons. The molecule has 0 heterocycles. The van der Waals surface area contributed by atoms with Crippen LogP contribution in [0.25, 0.3) is 0 Å². The Hall–Kier alpha value is -1.07. The van der Waals surface area contributed by atoms with Crippen LogP contribution < -0.4 is 0 Å². The van der Waals surface area contributed by atoms with Gasteiger partial charge in [0.15, 0.2) is 0 Å². The molecule has 24 heavy (non-hydrogen) atoms. The molecule has 3 fully saturated rings. The van der Waals surface area contributed by atoms with E-state index in [1.807, 2.05) is 13.0 Å². The minimum Gasteiger partial charge on any atom is -0.390 e. The van der Waals surface area contributed by atoms with Crippen LogP contribution in [0.5, 0.6) is 0 Å². The summed E-state index contributed by atoms with van der Waals surface area (Å²) in [6.45, 7) is 6.92. The monoisotopic (exact) mass is 325 g/mol. The van der Waals surface area contributed by atoms with Crippen LogP contribution >= 0.6 is 0 Å². The van der Waals surface area contributed by atoms with Gasteiger partial charge in [-0.1, -0.05) is 31.1 Å². The molecule has 0 aromatic rings. The van der Waals surface area contributed by atoms with Crippen LogP contribution in [-0.2, 0) is 0 Å². The smallest absolute Gasteiger partial charge is 0.0911 e. The zero-order valence-electron chi connectivity index (χ0n) is 15.4. The topological polar surface area (TPSA) is 44.0 Å².